The van der Waals surface area contributed by atoms with E-state index in [9.17, 15) is 14.4 Å². The summed E-state index contributed by atoms with van der Waals surface area (Å²) in [7, 11) is 0. The topological polar surface area (TPSA) is 88.9 Å². The third-order valence-corrected chi connectivity index (χ3v) is 5.69. The molecule has 2 aliphatic rings. The van der Waals surface area contributed by atoms with E-state index in [2.05, 4.69) is 24.9 Å². The van der Waals surface area contributed by atoms with Gasteiger partial charge in [-0.05, 0) is 31.0 Å². The summed E-state index contributed by atoms with van der Waals surface area (Å²) in [5.41, 5.74) is 1.77. The summed E-state index contributed by atoms with van der Waals surface area (Å²) in [6.45, 7) is 3.83. The summed E-state index contributed by atoms with van der Waals surface area (Å²) in [4.78, 5) is 39.2. The lowest BCUT2D eigenvalue weighted by Gasteiger charge is -2.35. The number of aromatic nitrogens is 1. The molecule has 1 aliphatic heterocycles. The molecule has 1 saturated carbocycles. The van der Waals surface area contributed by atoms with Crippen LogP contribution in [-0.2, 0) is 11.3 Å². The molecule has 5 rings (SSSR count). The SMILES string of the molecule is O=[C]c1cn(C2CC2)c2cc(N3CCN(Cc4coc(=O)o4)CC3)ccc2c1=O. The van der Waals surface area contributed by atoms with Gasteiger partial charge in [-0.1, -0.05) is 0 Å². The number of piperazine rings is 1. The number of pyridine rings is 1. The zero-order valence-electron chi connectivity index (χ0n) is 15.8. The van der Waals surface area contributed by atoms with E-state index in [1.807, 2.05) is 12.1 Å². The molecule has 149 valence electrons. The number of nitrogens with zero attached hydrogens (tertiary/aromatic N) is 3. The molecule has 1 saturated heterocycles. The first-order valence-electron chi connectivity index (χ1n) is 9.74. The van der Waals surface area contributed by atoms with Crippen LogP contribution in [0.2, 0.25) is 0 Å². The van der Waals surface area contributed by atoms with E-state index in [1.165, 1.54) is 6.26 Å². The highest BCUT2D eigenvalue weighted by atomic mass is 16.6. The monoisotopic (exact) mass is 394 g/mol. The van der Waals surface area contributed by atoms with Crippen LogP contribution in [0.5, 0.6) is 0 Å². The number of carbonyl (C=O) groups excluding carboxylic acids is 1. The fraction of sp³-hybridized carbons (Fsp3) is 0.381. The zero-order valence-corrected chi connectivity index (χ0v) is 15.8. The van der Waals surface area contributed by atoms with E-state index < -0.39 is 5.82 Å². The van der Waals surface area contributed by atoms with Crippen LogP contribution >= 0.6 is 0 Å². The fourth-order valence-electron chi connectivity index (χ4n) is 3.99. The van der Waals surface area contributed by atoms with Crippen molar-refractivity contribution in [1.29, 1.82) is 0 Å². The molecule has 0 N–H and O–H groups in total. The molecule has 0 unspecified atom stereocenters. The average molecular weight is 394 g/mol. The highest BCUT2D eigenvalue weighted by molar-refractivity contribution is 5.88. The van der Waals surface area contributed by atoms with Crippen LogP contribution in [0, 0.1) is 0 Å². The van der Waals surface area contributed by atoms with Gasteiger partial charge in [0.25, 0.3) is 0 Å². The van der Waals surface area contributed by atoms with Crippen molar-refractivity contribution >= 4 is 22.9 Å². The van der Waals surface area contributed by atoms with Crippen molar-refractivity contribution in [2.45, 2.75) is 25.4 Å². The Balaban J connectivity index is 1.38. The quantitative estimate of drug-likeness (QED) is 0.650. The van der Waals surface area contributed by atoms with Crippen molar-refractivity contribution in [1.82, 2.24) is 9.47 Å². The normalized spacial score (nSPS) is 17.7. The summed E-state index contributed by atoms with van der Waals surface area (Å²) in [5, 5.41) is 0.565. The Hall–Kier alpha value is -3.13. The molecule has 29 heavy (non-hydrogen) atoms. The minimum atomic E-state index is -0.674. The minimum absolute atomic E-state index is 0.0941. The number of anilines is 1. The van der Waals surface area contributed by atoms with E-state index in [0.29, 0.717) is 23.7 Å². The van der Waals surface area contributed by atoms with Crippen molar-refractivity contribution in [2.24, 2.45) is 0 Å². The minimum Gasteiger partial charge on any atom is -0.399 e. The van der Waals surface area contributed by atoms with Gasteiger partial charge in [0.2, 0.25) is 11.7 Å². The Kier molecular flexibility index (Phi) is 4.35. The first-order valence-corrected chi connectivity index (χ1v) is 9.74. The van der Waals surface area contributed by atoms with Crippen LogP contribution in [0.3, 0.4) is 0 Å². The Morgan fingerprint density at radius 3 is 2.55 bits per heavy atom. The van der Waals surface area contributed by atoms with Crippen molar-refractivity contribution in [3.63, 3.8) is 0 Å². The van der Waals surface area contributed by atoms with Crippen LogP contribution in [0.25, 0.3) is 10.9 Å². The number of benzene rings is 1. The average Bonchev–Trinajstić information content (AvgIpc) is 3.50. The van der Waals surface area contributed by atoms with E-state index in [0.717, 1.165) is 50.2 Å². The largest absolute Gasteiger partial charge is 0.518 e. The summed E-state index contributed by atoms with van der Waals surface area (Å²) in [5.74, 6) is -0.141. The van der Waals surface area contributed by atoms with Crippen molar-refractivity contribution in [3.8, 4) is 0 Å². The van der Waals surface area contributed by atoms with Crippen molar-refractivity contribution < 1.29 is 13.6 Å². The number of fused-ring (bicyclic) bond motifs is 1. The van der Waals surface area contributed by atoms with Crippen LogP contribution in [-0.4, -0.2) is 41.9 Å². The molecule has 0 bridgehead atoms. The van der Waals surface area contributed by atoms with Gasteiger partial charge >= 0.3 is 5.82 Å². The standard InChI is InChI=1S/C21H20N3O5/c25-12-14-10-24(15-1-2-15)19-9-16(3-4-18(19)20(14)26)23-7-5-22(6-8-23)11-17-13-28-21(27)29-17/h3-4,9-10,13,15H,1-2,5-8,11H2. The van der Waals surface area contributed by atoms with Gasteiger partial charge in [-0.2, -0.15) is 0 Å². The Morgan fingerprint density at radius 2 is 1.90 bits per heavy atom. The Bertz CT molecular complexity index is 1180. The Morgan fingerprint density at radius 1 is 1.10 bits per heavy atom. The molecule has 2 aromatic heterocycles. The molecule has 0 amide bonds. The molecule has 0 spiro atoms. The maximum absolute atomic E-state index is 12.5. The summed E-state index contributed by atoms with van der Waals surface area (Å²) < 4.78 is 11.7. The number of rotatable bonds is 5. The predicted molar refractivity (Wildman–Crippen MR) is 106 cm³/mol. The van der Waals surface area contributed by atoms with Gasteiger partial charge in [0.05, 0.1) is 17.6 Å². The molecular weight excluding hydrogens is 374 g/mol. The zero-order chi connectivity index (χ0) is 20.0. The predicted octanol–water partition coefficient (Wildman–Crippen LogP) is 1.66. The van der Waals surface area contributed by atoms with Gasteiger partial charge in [-0.15, -0.1) is 0 Å². The van der Waals surface area contributed by atoms with Crippen LogP contribution in [0.1, 0.15) is 30.2 Å². The summed E-state index contributed by atoms with van der Waals surface area (Å²) >= 11 is 0. The van der Waals surface area contributed by atoms with Gasteiger partial charge < -0.3 is 18.3 Å². The molecule has 8 heteroatoms. The third kappa shape index (κ3) is 3.40. The van der Waals surface area contributed by atoms with Crippen LogP contribution in [0.4, 0.5) is 5.69 Å². The van der Waals surface area contributed by atoms with E-state index in [1.54, 1.807) is 12.5 Å². The summed E-state index contributed by atoms with van der Waals surface area (Å²) in [6.07, 6.45) is 6.91. The number of hydrogen-bond acceptors (Lipinski definition) is 7. The van der Waals surface area contributed by atoms with Gasteiger partial charge in [0, 0.05) is 49.5 Å². The summed E-state index contributed by atoms with van der Waals surface area (Å²) in [6, 6.07) is 6.16. The van der Waals surface area contributed by atoms with Gasteiger partial charge in [-0.25, -0.2) is 4.79 Å². The molecule has 1 aliphatic carbocycles. The molecule has 1 radical (unpaired) electrons. The highest BCUT2D eigenvalue weighted by Gasteiger charge is 2.26. The maximum atomic E-state index is 12.5. The molecule has 0 atom stereocenters. The maximum Gasteiger partial charge on any atom is 0.518 e. The van der Waals surface area contributed by atoms with Gasteiger partial charge in [-0.3, -0.25) is 14.5 Å². The second-order valence-electron chi connectivity index (χ2n) is 7.63. The molecule has 1 aromatic carbocycles. The lowest BCUT2D eigenvalue weighted by molar-refractivity contribution is 0.227. The van der Waals surface area contributed by atoms with E-state index >= 15 is 0 Å². The first-order chi connectivity index (χ1) is 14.1. The molecular formula is C21H20N3O5. The van der Waals surface area contributed by atoms with Gasteiger partial charge in [0.15, 0.2) is 5.76 Å². The van der Waals surface area contributed by atoms with Crippen molar-refractivity contribution in [2.75, 3.05) is 31.1 Å². The van der Waals surface area contributed by atoms with Gasteiger partial charge in [0.1, 0.15) is 6.26 Å². The van der Waals surface area contributed by atoms with E-state index in [4.69, 9.17) is 4.42 Å². The second kappa shape index (κ2) is 7.04. The lowest BCUT2D eigenvalue weighted by atomic mass is 10.1. The Labute approximate surface area is 165 Å². The molecule has 8 nitrogen and oxygen atoms in total. The van der Waals surface area contributed by atoms with Crippen LogP contribution in [0.15, 0.2) is 49.1 Å². The molecule has 3 heterocycles. The lowest BCUT2D eigenvalue weighted by Crippen LogP contribution is -2.45. The fourth-order valence-corrected chi connectivity index (χ4v) is 3.99. The highest BCUT2D eigenvalue weighted by Crippen LogP contribution is 2.37. The van der Waals surface area contributed by atoms with Crippen LogP contribution < -0.4 is 16.2 Å². The molecule has 3 aromatic rings. The molecule has 2 fully saturated rings. The smallest absolute Gasteiger partial charge is 0.399 e. The number of hydrogen-bond donors (Lipinski definition) is 0. The second-order valence-corrected chi connectivity index (χ2v) is 7.63. The third-order valence-electron chi connectivity index (χ3n) is 5.69. The van der Waals surface area contributed by atoms with Crippen molar-refractivity contribution in [3.05, 3.63) is 62.8 Å². The van der Waals surface area contributed by atoms with E-state index in [-0.39, 0.29) is 11.0 Å². The first kappa shape index (κ1) is 17.9.